The van der Waals surface area contributed by atoms with E-state index in [2.05, 4.69) is 38.3 Å². The largest absolute Gasteiger partial charge is 0.491 e. The molecular weight excluding hydrogens is 276 g/mol. The van der Waals surface area contributed by atoms with Crippen molar-refractivity contribution in [3.63, 3.8) is 0 Å². The van der Waals surface area contributed by atoms with Crippen molar-refractivity contribution in [3.05, 3.63) is 29.8 Å². The maximum Gasteiger partial charge on any atom is 0.251 e. The summed E-state index contributed by atoms with van der Waals surface area (Å²) in [6.07, 6.45) is 1.09. The lowest BCUT2D eigenvalue weighted by Gasteiger charge is -2.33. The maximum atomic E-state index is 11.7. The van der Waals surface area contributed by atoms with E-state index in [0.717, 1.165) is 12.2 Å². The van der Waals surface area contributed by atoms with Crippen molar-refractivity contribution >= 4 is 5.91 Å². The Labute approximate surface area is 134 Å². The third kappa shape index (κ3) is 5.34. The van der Waals surface area contributed by atoms with E-state index in [0.29, 0.717) is 18.0 Å². The minimum absolute atomic E-state index is 0.0495. The van der Waals surface area contributed by atoms with Crippen LogP contribution in [0.5, 0.6) is 5.75 Å². The highest BCUT2D eigenvalue weighted by atomic mass is 16.5. The van der Waals surface area contributed by atoms with Crippen molar-refractivity contribution in [3.8, 4) is 5.75 Å². The summed E-state index contributed by atoms with van der Waals surface area (Å²) in [7, 11) is 1.99. The SMILES string of the molecule is CCNC(=O)c1ccc(OC(C)CC(C)C(C)(C)NC)cc1. The lowest BCUT2D eigenvalue weighted by molar-refractivity contribution is 0.0955. The third-order valence-electron chi connectivity index (χ3n) is 4.35. The van der Waals surface area contributed by atoms with Gasteiger partial charge in [-0.15, -0.1) is 0 Å². The Morgan fingerprint density at radius 2 is 1.82 bits per heavy atom. The normalized spacial score (nSPS) is 14.3. The summed E-state index contributed by atoms with van der Waals surface area (Å²) in [6, 6.07) is 7.31. The molecule has 0 spiro atoms. The topological polar surface area (TPSA) is 50.4 Å². The monoisotopic (exact) mass is 306 g/mol. The van der Waals surface area contributed by atoms with Gasteiger partial charge in [0.1, 0.15) is 5.75 Å². The summed E-state index contributed by atoms with van der Waals surface area (Å²) in [5.41, 5.74) is 0.742. The van der Waals surface area contributed by atoms with E-state index in [1.807, 2.05) is 26.1 Å². The van der Waals surface area contributed by atoms with Crippen molar-refractivity contribution < 1.29 is 9.53 Å². The number of benzene rings is 1. The van der Waals surface area contributed by atoms with Gasteiger partial charge in [-0.05, 0) is 71.3 Å². The Kier molecular flexibility index (Phi) is 6.88. The summed E-state index contributed by atoms with van der Waals surface area (Å²) in [5, 5.41) is 6.13. The van der Waals surface area contributed by atoms with Gasteiger partial charge in [-0.3, -0.25) is 4.79 Å². The van der Waals surface area contributed by atoms with E-state index in [1.165, 1.54) is 0 Å². The quantitative estimate of drug-likeness (QED) is 0.775. The Hall–Kier alpha value is -1.55. The van der Waals surface area contributed by atoms with E-state index in [9.17, 15) is 4.79 Å². The second-order valence-corrected chi connectivity index (χ2v) is 6.42. The molecule has 0 saturated heterocycles. The van der Waals surface area contributed by atoms with Crippen LogP contribution < -0.4 is 15.4 Å². The zero-order chi connectivity index (χ0) is 16.8. The van der Waals surface area contributed by atoms with Crippen LogP contribution in [0.25, 0.3) is 0 Å². The smallest absolute Gasteiger partial charge is 0.251 e. The average Bonchev–Trinajstić information content (AvgIpc) is 2.48. The molecule has 1 rings (SSSR count). The highest BCUT2D eigenvalue weighted by molar-refractivity contribution is 5.94. The number of carbonyl (C=O) groups excluding carboxylic acids is 1. The zero-order valence-electron chi connectivity index (χ0n) is 14.7. The number of rotatable bonds is 8. The van der Waals surface area contributed by atoms with Gasteiger partial charge in [0.25, 0.3) is 5.91 Å². The van der Waals surface area contributed by atoms with Gasteiger partial charge in [-0.1, -0.05) is 6.92 Å². The number of amides is 1. The lowest BCUT2D eigenvalue weighted by atomic mass is 9.85. The van der Waals surface area contributed by atoms with Crippen LogP contribution in [0.2, 0.25) is 0 Å². The third-order valence-corrected chi connectivity index (χ3v) is 4.35. The van der Waals surface area contributed by atoms with Crippen molar-refractivity contribution in [2.75, 3.05) is 13.6 Å². The van der Waals surface area contributed by atoms with Gasteiger partial charge in [-0.2, -0.15) is 0 Å². The van der Waals surface area contributed by atoms with Crippen LogP contribution in [0, 0.1) is 5.92 Å². The van der Waals surface area contributed by atoms with Crippen molar-refractivity contribution in [2.24, 2.45) is 5.92 Å². The second kappa shape index (κ2) is 8.18. The number of hydrogen-bond donors (Lipinski definition) is 2. The Morgan fingerprint density at radius 3 is 2.32 bits per heavy atom. The molecule has 4 heteroatoms. The number of nitrogens with one attached hydrogen (secondary N) is 2. The minimum atomic E-state index is -0.0495. The molecular formula is C18H30N2O2. The van der Waals surface area contributed by atoms with Gasteiger partial charge < -0.3 is 15.4 Å². The maximum absolute atomic E-state index is 11.7. The zero-order valence-corrected chi connectivity index (χ0v) is 14.7. The first-order valence-electron chi connectivity index (χ1n) is 8.04. The van der Waals surface area contributed by atoms with Gasteiger partial charge in [-0.25, -0.2) is 0 Å². The van der Waals surface area contributed by atoms with Gasteiger partial charge in [0.2, 0.25) is 0 Å². The Balaban J connectivity index is 2.58. The molecule has 0 radical (unpaired) electrons. The molecule has 22 heavy (non-hydrogen) atoms. The van der Waals surface area contributed by atoms with Crippen LogP contribution >= 0.6 is 0 Å². The van der Waals surface area contributed by atoms with Crippen LogP contribution in [0.15, 0.2) is 24.3 Å². The Morgan fingerprint density at radius 1 is 1.23 bits per heavy atom. The molecule has 0 aromatic heterocycles. The molecule has 0 saturated carbocycles. The lowest BCUT2D eigenvalue weighted by Crippen LogP contribution is -2.44. The van der Waals surface area contributed by atoms with Crippen molar-refractivity contribution in [2.45, 2.75) is 52.7 Å². The van der Waals surface area contributed by atoms with E-state index in [4.69, 9.17) is 4.74 Å². The fourth-order valence-electron chi connectivity index (χ4n) is 2.27. The van der Waals surface area contributed by atoms with Crippen LogP contribution in [0.3, 0.4) is 0 Å². The minimum Gasteiger partial charge on any atom is -0.491 e. The van der Waals surface area contributed by atoms with Crippen LogP contribution in [0.1, 0.15) is 51.4 Å². The standard InChI is InChI=1S/C18H30N2O2/c1-7-20-17(21)15-8-10-16(11-9-15)22-14(3)12-13(2)18(4,5)19-6/h8-11,13-14,19H,7,12H2,1-6H3,(H,20,21). The first-order chi connectivity index (χ1) is 10.3. The molecule has 1 aromatic rings. The van der Waals surface area contributed by atoms with Crippen molar-refractivity contribution in [1.29, 1.82) is 0 Å². The second-order valence-electron chi connectivity index (χ2n) is 6.42. The first kappa shape index (κ1) is 18.5. The molecule has 0 aliphatic rings. The molecule has 2 atom stereocenters. The molecule has 2 unspecified atom stereocenters. The predicted molar refractivity (Wildman–Crippen MR) is 91.5 cm³/mol. The van der Waals surface area contributed by atoms with E-state index in [-0.39, 0.29) is 17.6 Å². The molecule has 1 aromatic carbocycles. The number of hydrogen-bond acceptors (Lipinski definition) is 3. The van der Waals surface area contributed by atoms with Crippen LogP contribution in [0.4, 0.5) is 0 Å². The van der Waals surface area contributed by atoms with E-state index in [1.54, 1.807) is 12.1 Å². The molecule has 0 fully saturated rings. The summed E-state index contributed by atoms with van der Waals surface area (Å²) < 4.78 is 5.96. The summed E-state index contributed by atoms with van der Waals surface area (Å²) in [5.74, 6) is 1.24. The van der Waals surface area contributed by atoms with E-state index >= 15 is 0 Å². The van der Waals surface area contributed by atoms with Crippen LogP contribution in [-0.2, 0) is 0 Å². The predicted octanol–water partition coefficient (Wildman–Crippen LogP) is 3.23. The molecule has 2 N–H and O–H groups in total. The van der Waals surface area contributed by atoms with Gasteiger partial charge in [0, 0.05) is 17.6 Å². The summed E-state index contributed by atoms with van der Waals surface area (Å²) in [4.78, 5) is 11.7. The molecule has 0 aliphatic heterocycles. The highest BCUT2D eigenvalue weighted by Crippen LogP contribution is 2.23. The fraction of sp³-hybridized carbons (Fsp3) is 0.611. The van der Waals surface area contributed by atoms with Crippen LogP contribution in [-0.4, -0.2) is 31.1 Å². The number of carbonyl (C=O) groups is 1. The molecule has 0 aliphatic carbocycles. The van der Waals surface area contributed by atoms with E-state index < -0.39 is 0 Å². The molecule has 4 nitrogen and oxygen atoms in total. The highest BCUT2D eigenvalue weighted by Gasteiger charge is 2.25. The number of ether oxygens (including phenoxy) is 1. The summed E-state index contributed by atoms with van der Waals surface area (Å²) >= 11 is 0. The van der Waals surface area contributed by atoms with Crippen molar-refractivity contribution in [1.82, 2.24) is 10.6 Å². The fourth-order valence-corrected chi connectivity index (χ4v) is 2.27. The molecule has 124 valence electrons. The van der Waals surface area contributed by atoms with Gasteiger partial charge in [0.15, 0.2) is 0 Å². The Bertz CT molecular complexity index is 468. The molecule has 0 heterocycles. The average molecular weight is 306 g/mol. The van der Waals surface area contributed by atoms with Gasteiger partial charge in [0.05, 0.1) is 6.10 Å². The molecule has 1 amide bonds. The first-order valence-corrected chi connectivity index (χ1v) is 8.04. The van der Waals surface area contributed by atoms with Gasteiger partial charge >= 0.3 is 0 Å². The molecule has 0 bridgehead atoms. The summed E-state index contributed by atoms with van der Waals surface area (Å²) in [6.45, 7) is 11.3.